The van der Waals surface area contributed by atoms with Crippen LogP contribution in [0.15, 0.2) is 36.0 Å². The third-order valence-electron chi connectivity index (χ3n) is 1.72. The van der Waals surface area contributed by atoms with E-state index in [0.29, 0.717) is 0 Å². The molecule has 0 unspecified atom stereocenters. The van der Waals surface area contributed by atoms with Crippen molar-refractivity contribution in [2.24, 2.45) is 5.41 Å². The number of allylic oxidation sites excluding steroid dienone is 5. The lowest BCUT2D eigenvalue weighted by atomic mass is 9.86. The van der Waals surface area contributed by atoms with Crippen molar-refractivity contribution in [1.29, 1.82) is 0 Å². The Morgan fingerprint density at radius 2 is 1.67 bits per heavy atom. The quantitative estimate of drug-likeness (QED) is 0.539. The summed E-state index contributed by atoms with van der Waals surface area (Å²) in [5.41, 5.74) is 2.69. The molecule has 0 saturated heterocycles. The van der Waals surface area contributed by atoms with Crippen molar-refractivity contribution in [3.8, 4) is 0 Å². The Balaban J connectivity index is 4.53. The van der Waals surface area contributed by atoms with Crippen LogP contribution >= 0.6 is 0 Å². The molecule has 0 aliphatic rings. The summed E-state index contributed by atoms with van der Waals surface area (Å²) in [5.74, 6) is 0. The molecule has 0 radical (unpaired) electrons. The minimum atomic E-state index is 0.237. The Kier molecular flexibility index (Phi) is 4.02. The van der Waals surface area contributed by atoms with Crippen molar-refractivity contribution >= 4 is 0 Å². The van der Waals surface area contributed by atoms with Gasteiger partial charge < -0.3 is 0 Å². The van der Waals surface area contributed by atoms with Crippen LogP contribution in [-0.2, 0) is 0 Å². The molecule has 0 bridgehead atoms. The predicted octanol–water partition coefficient (Wildman–Crippen LogP) is 4.11. The highest BCUT2D eigenvalue weighted by Gasteiger charge is 2.12. The normalized spacial score (nSPS) is 13.9. The van der Waals surface area contributed by atoms with Gasteiger partial charge in [0.15, 0.2) is 0 Å². The first-order valence-electron chi connectivity index (χ1n) is 4.38. The van der Waals surface area contributed by atoms with Crippen LogP contribution in [0.5, 0.6) is 0 Å². The van der Waals surface area contributed by atoms with E-state index < -0.39 is 0 Å². The summed E-state index contributed by atoms with van der Waals surface area (Å²) in [6.45, 7) is 14.5. The average Bonchev–Trinajstić information content (AvgIpc) is 1.85. The summed E-state index contributed by atoms with van der Waals surface area (Å²) in [6.07, 6.45) is 6.35. The topological polar surface area (TPSA) is 0 Å². The molecule has 0 aliphatic heterocycles. The zero-order valence-electron chi connectivity index (χ0n) is 8.94. The standard InChI is InChI=1S/C12H20/c1-7-11(12(4,5)6)9-8-10(2)3/h7-9H,2H2,1,3-6H3/b9-8-,11-7+. The summed E-state index contributed by atoms with van der Waals surface area (Å²) in [7, 11) is 0. The second-order valence-corrected chi connectivity index (χ2v) is 4.17. The van der Waals surface area contributed by atoms with Gasteiger partial charge >= 0.3 is 0 Å². The highest BCUT2D eigenvalue weighted by atomic mass is 14.2. The lowest BCUT2D eigenvalue weighted by Crippen LogP contribution is -2.06. The summed E-state index contributed by atoms with van der Waals surface area (Å²) in [5, 5.41) is 0. The molecule has 0 fully saturated rings. The molecule has 0 aliphatic carbocycles. The molecule has 0 rings (SSSR count). The average molecular weight is 164 g/mol. The zero-order chi connectivity index (χ0) is 9.78. The minimum Gasteiger partial charge on any atom is -0.0961 e. The molecule has 68 valence electrons. The molecule has 0 saturated carbocycles. The number of rotatable bonds is 2. The van der Waals surface area contributed by atoms with Crippen molar-refractivity contribution in [3.63, 3.8) is 0 Å². The van der Waals surface area contributed by atoms with Crippen molar-refractivity contribution in [3.05, 3.63) is 36.0 Å². The molecular weight excluding hydrogens is 144 g/mol. The van der Waals surface area contributed by atoms with Crippen LogP contribution in [-0.4, -0.2) is 0 Å². The van der Waals surface area contributed by atoms with Gasteiger partial charge in [-0.1, -0.05) is 51.2 Å². The first-order valence-corrected chi connectivity index (χ1v) is 4.38. The molecular formula is C12H20. The van der Waals surface area contributed by atoms with Crippen LogP contribution in [0.1, 0.15) is 34.6 Å². The Bertz CT molecular complexity index is 209. The summed E-state index contributed by atoms with van der Waals surface area (Å²) < 4.78 is 0. The van der Waals surface area contributed by atoms with Crippen LogP contribution in [0, 0.1) is 5.41 Å². The first-order chi connectivity index (χ1) is 5.38. The van der Waals surface area contributed by atoms with Crippen molar-refractivity contribution in [1.82, 2.24) is 0 Å². The highest BCUT2D eigenvalue weighted by Crippen LogP contribution is 2.26. The fraction of sp³-hybridized carbons (Fsp3) is 0.500. The second kappa shape index (κ2) is 4.30. The lowest BCUT2D eigenvalue weighted by molar-refractivity contribution is 0.516. The monoisotopic (exact) mass is 164 g/mol. The minimum absolute atomic E-state index is 0.237. The predicted molar refractivity (Wildman–Crippen MR) is 57.2 cm³/mol. The van der Waals surface area contributed by atoms with Crippen molar-refractivity contribution in [2.75, 3.05) is 0 Å². The molecule has 0 aromatic carbocycles. The SMILES string of the molecule is C=C(C)/C=C\C(=C/C)C(C)(C)C. The Hall–Kier alpha value is -0.780. The molecule has 0 aromatic rings. The van der Waals surface area contributed by atoms with Crippen LogP contribution in [0.4, 0.5) is 0 Å². The summed E-state index contributed by atoms with van der Waals surface area (Å²) in [4.78, 5) is 0. The van der Waals surface area contributed by atoms with Gasteiger partial charge in [0, 0.05) is 0 Å². The third kappa shape index (κ3) is 4.17. The van der Waals surface area contributed by atoms with Gasteiger partial charge in [-0.3, -0.25) is 0 Å². The third-order valence-corrected chi connectivity index (χ3v) is 1.72. The van der Waals surface area contributed by atoms with Gasteiger partial charge in [-0.05, 0) is 24.8 Å². The van der Waals surface area contributed by atoms with Gasteiger partial charge in [0.1, 0.15) is 0 Å². The van der Waals surface area contributed by atoms with Gasteiger partial charge in [-0.15, -0.1) is 0 Å². The fourth-order valence-electron chi connectivity index (χ4n) is 1.01. The van der Waals surface area contributed by atoms with Crippen LogP contribution < -0.4 is 0 Å². The van der Waals surface area contributed by atoms with E-state index in [2.05, 4.69) is 52.5 Å². The second-order valence-electron chi connectivity index (χ2n) is 4.17. The fourth-order valence-corrected chi connectivity index (χ4v) is 1.01. The van der Waals surface area contributed by atoms with Crippen LogP contribution in [0.25, 0.3) is 0 Å². The summed E-state index contributed by atoms with van der Waals surface area (Å²) in [6, 6.07) is 0. The van der Waals surface area contributed by atoms with E-state index in [1.165, 1.54) is 5.57 Å². The molecule has 0 heteroatoms. The van der Waals surface area contributed by atoms with Gasteiger partial charge in [0.25, 0.3) is 0 Å². The van der Waals surface area contributed by atoms with Crippen molar-refractivity contribution < 1.29 is 0 Å². The molecule has 0 spiro atoms. The largest absolute Gasteiger partial charge is 0.0961 e. The van der Waals surface area contributed by atoms with E-state index in [0.717, 1.165) is 5.57 Å². The molecule has 12 heavy (non-hydrogen) atoms. The molecule has 0 atom stereocenters. The van der Waals surface area contributed by atoms with E-state index in [1.807, 2.05) is 6.92 Å². The molecule has 0 aromatic heterocycles. The number of hydrogen-bond donors (Lipinski definition) is 0. The van der Waals surface area contributed by atoms with E-state index in [1.54, 1.807) is 0 Å². The highest BCUT2D eigenvalue weighted by molar-refractivity contribution is 5.28. The lowest BCUT2D eigenvalue weighted by Gasteiger charge is -2.19. The van der Waals surface area contributed by atoms with E-state index >= 15 is 0 Å². The van der Waals surface area contributed by atoms with E-state index in [9.17, 15) is 0 Å². The molecule has 0 nitrogen and oxygen atoms in total. The maximum absolute atomic E-state index is 3.83. The Morgan fingerprint density at radius 3 is 1.92 bits per heavy atom. The van der Waals surface area contributed by atoms with Gasteiger partial charge in [-0.25, -0.2) is 0 Å². The Labute approximate surface area is 76.7 Å². The molecule has 0 heterocycles. The van der Waals surface area contributed by atoms with Gasteiger partial charge in [-0.2, -0.15) is 0 Å². The van der Waals surface area contributed by atoms with Crippen LogP contribution in [0.2, 0.25) is 0 Å². The number of hydrogen-bond acceptors (Lipinski definition) is 0. The van der Waals surface area contributed by atoms with Gasteiger partial charge in [0.2, 0.25) is 0 Å². The smallest absolute Gasteiger partial charge is 0.0135 e. The van der Waals surface area contributed by atoms with E-state index in [4.69, 9.17) is 0 Å². The maximum Gasteiger partial charge on any atom is -0.0135 e. The van der Waals surface area contributed by atoms with Gasteiger partial charge in [0.05, 0.1) is 0 Å². The molecule has 0 N–H and O–H groups in total. The maximum atomic E-state index is 3.83. The van der Waals surface area contributed by atoms with E-state index in [-0.39, 0.29) is 5.41 Å². The molecule has 0 amide bonds. The van der Waals surface area contributed by atoms with Crippen LogP contribution in [0.3, 0.4) is 0 Å². The zero-order valence-corrected chi connectivity index (χ0v) is 8.94. The van der Waals surface area contributed by atoms with Crippen molar-refractivity contribution in [2.45, 2.75) is 34.6 Å². The Morgan fingerprint density at radius 1 is 1.17 bits per heavy atom. The first kappa shape index (κ1) is 11.2. The summed E-state index contributed by atoms with van der Waals surface area (Å²) >= 11 is 0.